The lowest BCUT2D eigenvalue weighted by molar-refractivity contribution is 0.277. The van der Waals surface area contributed by atoms with Gasteiger partial charge in [-0.2, -0.15) is 5.10 Å². The Balaban J connectivity index is 2.02. The summed E-state index contributed by atoms with van der Waals surface area (Å²) in [6.45, 7) is -0.0855. The number of aryl methyl sites for hydroxylation is 1. The van der Waals surface area contributed by atoms with E-state index in [-0.39, 0.29) is 6.61 Å². The van der Waals surface area contributed by atoms with Crippen LogP contribution in [0, 0.1) is 0 Å². The minimum atomic E-state index is -0.0855. The van der Waals surface area contributed by atoms with Gasteiger partial charge in [0.1, 0.15) is 0 Å². The van der Waals surface area contributed by atoms with E-state index in [0.717, 1.165) is 16.7 Å². The number of aliphatic hydroxyl groups is 1. The lowest BCUT2D eigenvalue weighted by atomic mass is 10.1. The fourth-order valence-corrected chi connectivity index (χ4v) is 2.03. The first-order valence-electron chi connectivity index (χ1n) is 6.28. The van der Waals surface area contributed by atoms with Crippen LogP contribution in [0.3, 0.4) is 0 Å². The predicted octanol–water partition coefficient (Wildman–Crippen LogP) is 2.04. The van der Waals surface area contributed by atoms with E-state index >= 15 is 0 Å². The van der Waals surface area contributed by atoms with Crippen LogP contribution in [-0.2, 0) is 13.7 Å². The van der Waals surface area contributed by atoms with Gasteiger partial charge >= 0.3 is 0 Å². The summed E-state index contributed by atoms with van der Waals surface area (Å²) in [5.74, 6) is 0.613. The van der Waals surface area contributed by atoms with Gasteiger partial charge in [-0.15, -0.1) is 0 Å². The van der Waals surface area contributed by atoms with Crippen LogP contribution < -0.4 is 0 Å². The van der Waals surface area contributed by atoms with Crippen molar-refractivity contribution in [2.24, 2.45) is 7.05 Å². The highest BCUT2D eigenvalue weighted by molar-refractivity contribution is 5.69. The number of aliphatic hydroxyl groups excluding tert-OH is 1. The molecule has 20 heavy (non-hydrogen) atoms. The Morgan fingerprint density at radius 2 is 2.00 bits per heavy atom. The van der Waals surface area contributed by atoms with Crippen molar-refractivity contribution in [1.82, 2.24) is 19.7 Å². The van der Waals surface area contributed by atoms with Crippen molar-refractivity contribution >= 4 is 0 Å². The zero-order valence-corrected chi connectivity index (χ0v) is 11.1. The monoisotopic (exact) mass is 266 g/mol. The molecule has 1 aromatic carbocycles. The summed E-state index contributed by atoms with van der Waals surface area (Å²) in [6, 6.07) is 9.67. The summed E-state index contributed by atoms with van der Waals surface area (Å²) >= 11 is 0. The third-order valence-electron chi connectivity index (χ3n) is 3.03. The summed E-state index contributed by atoms with van der Waals surface area (Å²) < 4.78 is 1.77. The van der Waals surface area contributed by atoms with Crippen LogP contribution in [0.4, 0.5) is 0 Å². The van der Waals surface area contributed by atoms with Crippen molar-refractivity contribution in [2.75, 3.05) is 0 Å². The molecule has 0 unspecified atom stereocenters. The Hall–Kier alpha value is -2.53. The summed E-state index contributed by atoms with van der Waals surface area (Å²) in [4.78, 5) is 8.57. The molecule has 0 atom stereocenters. The summed E-state index contributed by atoms with van der Waals surface area (Å²) in [7, 11) is 1.89. The molecule has 0 aliphatic rings. The zero-order chi connectivity index (χ0) is 13.9. The van der Waals surface area contributed by atoms with Gasteiger partial charge in [0.05, 0.1) is 18.5 Å². The topological polar surface area (TPSA) is 63.8 Å². The van der Waals surface area contributed by atoms with E-state index in [0.29, 0.717) is 11.5 Å². The number of hydrogen-bond donors (Lipinski definition) is 1. The second kappa shape index (κ2) is 5.22. The third-order valence-corrected chi connectivity index (χ3v) is 3.03. The van der Waals surface area contributed by atoms with Crippen LogP contribution in [0.2, 0.25) is 0 Å². The van der Waals surface area contributed by atoms with Gasteiger partial charge in [-0.25, -0.2) is 9.97 Å². The summed E-state index contributed by atoms with van der Waals surface area (Å²) in [6.07, 6.45) is 5.44. The van der Waals surface area contributed by atoms with Gasteiger partial charge in [-0.1, -0.05) is 18.2 Å². The van der Waals surface area contributed by atoms with E-state index < -0.39 is 0 Å². The molecule has 0 spiro atoms. The largest absolute Gasteiger partial charge is 0.390 e. The van der Waals surface area contributed by atoms with E-state index in [1.165, 1.54) is 0 Å². The molecule has 3 aromatic rings. The smallest absolute Gasteiger partial charge is 0.159 e. The average molecular weight is 266 g/mol. The lowest BCUT2D eigenvalue weighted by Crippen LogP contribution is -1.94. The minimum absolute atomic E-state index is 0.0855. The second-order valence-corrected chi connectivity index (χ2v) is 4.51. The molecule has 0 fully saturated rings. The van der Waals surface area contributed by atoms with Crippen molar-refractivity contribution in [1.29, 1.82) is 0 Å². The van der Waals surface area contributed by atoms with Gasteiger partial charge in [0.25, 0.3) is 0 Å². The van der Waals surface area contributed by atoms with Crippen LogP contribution in [-0.4, -0.2) is 24.9 Å². The number of aromatic nitrogens is 4. The van der Waals surface area contributed by atoms with E-state index in [9.17, 15) is 0 Å². The molecule has 0 amide bonds. The van der Waals surface area contributed by atoms with Crippen molar-refractivity contribution < 1.29 is 5.11 Å². The van der Waals surface area contributed by atoms with Crippen molar-refractivity contribution in [2.45, 2.75) is 6.61 Å². The molecule has 5 nitrogen and oxygen atoms in total. The van der Waals surface area contributed by atoms with E-state index in [1.54, 1.807) is 16.9 Å². The van der Waals surface area contributed by atoms with Crippen molar-refractivity contribution in [3.63, 3.8) is 0 Å². The third kappa shape index (κ3) is 2.44. The number of rotatable bonds is 3. The molecule has 0 aliphatic carbocycles. The molecule has 0 radical (unpaired) electrons. The first kappa shape index (κ1) is 12.5. The highest BCUT2D eigenvalue weighted by Crippen LogP contribution is 2.24. The maximum Gasteiger partial charge on any atom is 0.159 e. The van der Waals surface area contributed by atoms with Crippen molar-refractivity contribution in [3.05, 3.63) is 54.6 Å². The molecule has 5 heteroatoms. The molecule has 2 aromatic heterocycles. The Labute approximate surface area is 116 Å². The van der Waals surface area contributed by atoms with Crippen LogP contribution >= 0.6 is 0 Å². The first-order chi connectivity index (χ1) is 9.76. The van der Waals surface area contributed by atoms with Crippen LogP contribution in [0.25, 0.3) is 22.5 Å². The van der Waals surface area contributed by atoms with Gasteiger partial charge in [-0.05, 0) is 17.7 Å². The van der Waals surface area contributed by atoms with E-state index in [4.69, 9.17) is 5.11 Å². The van der Waals surface area contributed by atoms with Crippen LogP contribution in [0.5, 0.6) is 0 Å². The van der Waals surface area contributed by atoms with E-state index in [1.807, 2.05) is 43.7 Å². The number of hydrogen-bond acceptors (Lipinski definition) is 4. The average Bonchev–Trinajstić information content (AvgIpc) is 2.94. The van der Waals surface area contributed by atoms with Gasteiger partial charge in [-0.3, -0.25) is 4.68 Å². The molecular formula is C15H14N4O. The summed E-state index contributed by atoms with van der Waals surface area (Å²) in [5, 5.41) is 13.3. The van der Waals surface area contributed by atoms with Gasteiger partial charge < -0.3 is 5.11 Å². The molecular weight excluding hydrogens is 252 g/mol. The normalized spacial score (nSPS) is 10.7. The maximum atomic E-state index is 9.14. The fraction of sp³-hybridized carbons (Fsp3) is 0.133. The fourth-order valence-electron chi connectivity index (χ4n) is 2.03. The molecule has 3 rings (SSSR count). The van der Waals surface area contributed by atoms with Gasteiger partial charge in [0.2, 0.25) is 0 Å². The highest BCUT2D eigenvalue weighted by Gasteiger charge is 2.06. The Bertz CT molecular complexity index is 736. The number of nitrogens with zero attached hydrogens (tertiary/aromatic N) is 4. The quantitative estimate of drug-likeness (QED) is 0.788. The first-order valence-corrected chi connectivity index (χ1v) is 6.28. The van der Waals surface area contributed by atoms with Gasteiger partial charge in [0, 0.05) is 30.6 Å². The minimum Gasteiger partial charge on any atom is -0.390 e. The SMILES string of the molecule is Cn1cc(-c2cccc(-c3nccc(CO)n3)c2)cn1. The summed E-state index contributed by atoms with van der Waals surface area (Å²) in [5.41, 5.74) is 3.64. The van der Waals surface area contributed by atoms with Crippen LogP contribution in [0.15, 0.2) is 48.9 Å². The van der Waals surface area contributed by atoms with Crippen LogP contribution in [0.1, 0.15) is 5.69 Å². The maximum absolute atomic E-state index is 9.14. The number of benzene rings is 1. The molecule has 0 saturated carbocycles. The highest BCUT2D eigenvalue weighted by atomic mass is 16.3. The van der Waals surface area contributed by atoms with E-state index in [2.05, 4.69) is 15.1 Å². The molecule has 0 bridgehead atoms. The van der Waals surface area contributed by atoms with Crippen molar-refractivity contribution in [3.8, 4) is 22.5 Å². The Morgan fingerprint density at radius 3 is 2.75 bits per heavy atom. The zero-order valence-electron chi connectivity index (χ0n) is 11.1. The molecule has 0 aliphatic heterocycles. The Kier molecular flexibility index (Phi) is 3.26. The molecule has 0 saturated heterocycles. The predicted molar refractivity (Wildman–Crippen MR) is 75.6 cm³/mol. The molecule has 1 N–H and O–H groups in total. The van der Waals surface area contributed by atoms with Gasteiger partial charge in [0.15, 0.2) is 5.82 Å². The second-order valence-electron chi connectivity index (χ2n) is 4.51. The molecule has 2 heterocycles. The standard InChI is InChI=1S/C15H14N4O/c1-19-9-13(8-17-19)11-3-2-4-12(7-11)15-16-6-5-14(10-20)18-15/h2-9,20H,10H2,1H3. The lowest BCUT2D eigenvalue weighted by Gasteiger charge is -2.04. The molecule has 100 valence electrons. The Morgan fingerprint density at radius 1 is 1.15 bits per heavy atom.